The fourth-order valence-electron chi connectivity index (χ4n) is 4.96. The van der Waals surface area contributed by atoms with Crippen LogP contribution in [-0.4, -0.2) is 0 Å². The standard InChI is InChI=1S/C31H34F2/c1-3-5-6-7-23-10-12-24(13-11-23)26-16-17-30(27-18-28(32)21-29(33)19-27)31(20-26)25-14-8-22(4-2)9-15-25/h8-9,12,14-21,23H,3-7,10-11,13H2,1-2H3. The molecule has 1 aliphatic rings. The first-order chi connectivity index (χ1) is 16.1. The average molecular weight is 445 g/mol. The van der Waals surface area contributed by atoms with Crippen molar-refractivity contribution in [1.29, 1.82) is 0 Å². The fourth-order valence-corrected chi connectivity index (χ4v) is 4.96. The van der Waals surface area contributed by atoms with Gasteiger partial charge in [0.2, 0.25) is 0 Å². The van der Waals surface area contributed by atoms with E-state index in [2.05, 4.69) is 56.3 Å². The summed E-state index contributed by atoms with van der Waals surface area (Å²) in [5, 5.41) is 0. The smallest absolute Gasteiger partial charge is 0.126 e. The van der Waals surface area contributed by atoms with E-state index >= 15 is 0 Å². The number of hydrogen-bond acceptors (Lipinski definition) is 0. The van der Waals surface area contributed by atoms with E-state index in [1.54, 1.807) is 0 Å². The summed E-state index contributed by atoms with van der Waals surface area (Å²) in [5.74, 6) is -0.299. The quantitative estimate of drug-likeness (QED) is 0.303. The highest BCUT2D eigenvalue weighted by molar-refractivity contribution is 5.86. The SMILES string of the molecule is CCCCCC1CC=C(c2ccc(-c3cc(F)cc(F)c3)c(-c3ccc(CC)cc3)c2)CC1. The van der Waals surface area contributed by atoms with Crippen molar-refractivity contribution < 1.29 is 8.78 Å². The molecule has 2 heteroatoms. The van der Waals surface area contributed by atoms with Crippen LogP contribution in [0.4, 0.5) is 8.78 Å². The first kappa shape index (κ1) is 23.4. The lowest BCUT2D eigenvalue weighted by atomic mass is 9.82. The van der Waals surface area contributed by atoms with Gasteiger partial charge in [-0.15, -0.1) is 0 Å². The zero-order chi connectivity index (χ0) is 23.2. The number of halogens is 2. The van der Waals surface area contributed by atoms with Crippen molar-refractivity contribution in [2.75, 3.05) is 0 Å². The van der Waals surface area contributed by atoms with E-state index in [-0.39, 0.29) is 0 Å². The van der Waals surface area contributed by atoms with Gasteiger partial charge in [-0.1, -0.05) is 82.0 Å². The number of rotatable bonds is 8. The maximum absolute atomic E-state index is 14.0. The van der Waals surface area contributed by atoms with E-state index in [9.17, 15) is 8.78 Å². The third-order valence-corrected chi connectivity index (χ3v) is 6.97. The molecule has 0 saturated carbocycles. The molecule has 0 fully saturated rings. The van der Waals surface area contributed by atoms with Crippen LogP contribution in [-0.2, 0) is 6.42 Å². The Morgan fingerprint density at radius 1 is 0.758 bits per heavy atom. The molecule has 0 amide bonds. The molecular formula is C31H34F2. The Kier molecular flexibility index (Phi) is 7.75. The molecule has 33 heavy (non-hydrogen) atoms. The van der Waals surface area contributed by atoms with Gasteiger partial charge < -0.3 is 0 Å². The molecule has 0 radical (unpaired) electrons. The summed E-state index contributed by atoms with van der Waals surface area (Å²) in [6.07, 6.45) is 12.2. The fraction of sp³-hybridized carbons (Fsp3) is 0.355. The second-order valence-corrected chi connectivity index (χ2v) is 9.33. The third kappa shape index (κ3) is 5.79. The topological polar surface area (TPSA) is 0 Å². The third-order valence-electron chi connectivity index (χ3n) is 6.97. The lowest BCUT2D eigenvalue weighted by Gasteiger charge is -2.23. The average Bonchev–Trinajstić information content (AvgIpc) is 2.84. The number of hydrogen-bond donors (Lipinski definition) is 0. The summed E-state index contributed by atoms with van der Waals surface area (Å²) in [7, 11) is 0. The Morgan fingerprint density at radius 3 is 2.12 bits per heavy atom. The normalized spacial score (nSPS) is 16.0. The van der Waals surface area contributed by atoms with Crippen LogP contribution in [0.5, 0.6) is 0 Å². The number of aryl methyl sites for hydroxylation is 1. The summed E-state index contributed by atoms with van der Waals surface area (Å²) >= 11 is 0. The summed E-state index contributed by atoms with van der Waals surface area (Å²) in [5.41, 5.74) is 7.41. The molecule has 0 aromatic heterocycles. The van der Waals surface area contributed by atoms with E-state index in [1.807, 2.05) is 6.07 Å². The second kappa shape index (κ2) is 10.9. The number of benzene rings is 3. The van der Waals surface area contributed by atoms with Crippen LogP contribution in [0.25, 0.3) is 27.8 Å². The highest BCUT2D eigenvalue weighted by Gasteiger charge is 2.17. The Bertz CT molecular complexity index is 1090. The Morgan fingerprint density at radius 2 is 1.48 bits per heavy atom. The molecule has 1 aliphatic carbocycles. The molecule has 0 nitrogen and oxygen atoms in total. The molecule has 3 aromatic rings. The predicted molar refractivity (Wildman–Crippen MR) is 136 cm³/mol. The molecule has 0 aliphatic heterocycles. The molecule has 1 atom stereocenters. The van der Waals surface area contributed by atoms with Crippen LogP contribution >= 0.6 is 0 Å². The van der Waals surface area contributed by atoms with Crippen LogP contribution in [0.1, 0.15) is 69.9 Å². The van der Waals surface area contributed by atoms with E-state index in [0.29, 0.717) is 5.56 Å². The highest BCUT2D eigenvalue weighted by atomic mass is 19.1. The van der Waals surface area contributed by atoms with Gasteiger partial charge in [-0.05, 0) is 88.8 Å². The maximum atomic E-state index is 14.0. The summed E-state index contributed by atoms with van der Waals surface area (Å²) in [4.78, 5) is 0. The van der Waals surface area contributed by atoms with Crippen LogP contribution in [0.15, 0.2) is 66.7 Å². The van der Waals surface area contributed by atoms with Gasteiger partial charge in [-0.3, -0.25) is 0 Å². The Balaban J connectivity index is 1.69. The molecule has 4 rings (SSSR count). The minimum absolute atomic E-state index is 0.550. The van der Waals surface area contributed by atoms with Gasteiger partial charge in [-0.2, -0.15) is 0 Å². The van der Waals surface area contributed by atoms with E-state index in [4.69, 9.17) is 0 Å². The van der Waals surface area contributed by atoms with Gasteiger partial charge in [0, 0.05) is 6.07 Å². The van der Waals surface area contributed by atoms with Crippen LogP contribution in [0.3, 0.4) is 0 Å². The lowest BCUT2D eigenvalue weighted by Crippen LogP contribution is -2.05. The first-order valence-corrected chi connectivity index (χ1v) is 12.5. The van der Waals surface area contributed by atoms with Gasteiger partial charge in [0.1, 0.15) is 11.6 Å². The van der Waals surface area contributed by atoms with Crippen molar-refractivity contribution in [2.24, 2.45) is 5.92 Å². The molecule has 0 N–H and O–H groups in total. The Hall–Kier alpha value is -2.74. The van der Waals surface area contributed by atoms with Gasteiger partial charge in [0.05, 0.1) is 0 Å². The summed E-state index contributed by atoms with van der Waals surface area (Å²) in [6, 6.07) is 18.6. The Labute approximate surface area is 197 Å². The van der Waals surface area contributed by atoms with E-state index in [1.165, 1.54) is 60.9 Å². The minimum atomic E-state index is -0.550. The summed E-state index contributed by atoms with van der Waals surface area (Å²) < 4.78 is 28.0. The molecular weight excluding hydrogens is 410 g/mol. The van der Waals surface area contributed by atoms with Crippen LogP contribution in [0, 0.1) is 17.6 Å². The van der Waals surface area contributed by atoms with Gasteiger partial charge in [-0.25, -0.2) is 8.78 Å². The highest BCUT2D eigenvalue weighted by Crippen LogP contribution is 2.38. The lowest BCUT2D eigenvalue weighted by molar-refractivity contribution is 0.428. The summed E-state index contributed by atoms with van der Waals surface area (Å²) in [6.45, 7) is 4.40. The van der Waals surface area contributed by atoms with E-state index < -0.39 is 11.6 Å². The number of unbranched alkanes of at least 4 members (excludes halogenated alkanes) is 2. The maximum Gasteiger partial charge on any atom is 0.126 e. The van der Waals surface area contributed by atoms with Crippen LogP contribution in [0.2, 0.25) is 0 Å². The monoisotopic (exact) mass is 444 g/mol. The molecule has 0 saturated heterocycles. The zero-order valence-electron chi connectivity index (χ0n) is 19.8. The van der Waals surface area contributed by atoms with E-state index in [0.717, 1.165) is 47.9 Å². The van der Waals surface area contributed by atoms with Gasteiger partial charge in [0.25, 0.3) is 0 Å². The molecule has 0 bridgehead atoms. The number of allylic oxidation sites excluding steroid dienone is 2. The van der Waals surface area contributed by atoms with Crippen molar-refractivity contribution in [3.05, 3.63) is 89.5 Å². The van der Waals surface area contributed by atoms with Crippen LogP contribution < -0.4 is 0 Å². The van der Waals surface area contributed by atoms with Crippen molar-refractivity contribution in [3.63, 3.8) is 0 Å². The zero-order valence-corrected chi connectivity index (χ0v) is 19.8. The van der Waals surface area contributed by atoms with Crippen molar-refractivity contribution in [1.82, 2.24) is 0 Å². The first-order valence-electron chi connectivity index (χ1n) is 12.5. The molecule has 3 aromatic carbocycles. The molecule has 0 spiro atoms. The minimum Gasteiger partial charge on any atom is -0.207 e. The molecule has 0 heterocycles. The largest absolute Gasteiger partial charge is 0.207 e. The van der Waals surface area contributed by atoms with Crippen molar-refractivity contribution >= 4 is 5.57 Å². The molecule has 172 valence electrons. The predicted octanol–water partition coefficient (Wildman–Crippen LogP) is 9.62. The van der Waals surface area contributed by atoms with Gasteiger partial charge >= 0.3 is 0 Å². The second-order valence-electron chi connectivity index (χ2n) is 9.33. The van der Waals surface area contributed by atoms with Crippen molar-refractivity contribution in [2.45, 2.75) is 65.2 Å². The van der Waals surface area contributed by atoms with Crippen molar-refractivity contribution in [3.8, 4) is 22.3 Å². The molecule has 1 unspecified atom stereocenters. The van der Waals surface area contributed by atoms with Gasteiger partial charge in [0.15, 0.2) is 0 Å².